The Morgan fingerprint density at radius 2 is 2.13 bits per heavy atom. The van der Waals surface area contributed by atoms with Crippen molar-refractivity contribution in [3.63, 3.8) is 0 Å². The van der Waals surface area contributed by atoms with E-state index in [0.717, 1.165) is 0 Å². The molecule has 2 aromatic rings. The lowest BCUT2D eigenvalue weighted by Crippen LogP contribution is -2.31. The number of carbonyl (C=O) groups excluding carboxylic acids is 2. The first-order valence-corrected chi connectivity index (χ1v) is 7.64. The number of hydrogen-bond donors (Lipinski definition) is 1. The van der Waals surface area contributed by atoms with Crippen molar-refractivity contribution in [3.8, 4) is 5.75 Å². The van der Waals surface area contributed by atoms with E-state index in [0.29, 0.717) is 21.5 Å². The molecule has 1 N–H and O–H groups in total. The van der Waals surface area contributed by atoms with Gasteiger partial charge >= 0.3 is 5.97 Å². The summed E-state index contributed by atoms with van der Waals surface area (Å²) in [7, 11) is 1.31. The van der Waals surface area contributed by atoms with Gasteiger partial charge in [-0.1, -0.05) is 0 Å². The second-order valence-electron chi connectivity index (χ2n) is 4.73. The molecule has 0 saturated carbocycles. The van der Waals surface area contributed by atoms with Crippen LogP contribution in [-0.2, 0) is 9.53 Å². The quantitative estimate of drug-likeness (QED) is 0.777. The van der Waals surface area contributed by atoms with Crippen LogP contribution < -0.4 is 10.1 Å². The number of benzene rings is 1. The van der Waals surface area contributed by atoms with E-state index in [2.05, 4.69) is 26.0 Å². The first kappa shape index (κ1) is 17.1. The predicted molar refractivity (Wildman–Crippen MR) is 86.2 cm³/mol. The topological polar surface area (TPSA) is 77.8 Å². The summed E-state index contributed by atoms with van der Waals surface area (Å²) in [6, 6.07) is 8.04. The van der Waals surface area contributed by atoms with Crippen molar-refractivity contribution in [2.75, 3.05) is 13.7 Å². The van der Waals surface area contributed by atoms with Gasteiger partial charge in [-0.2, -0.15) is 0 Å². The molecule has 0 radical (unpaired) electrons. The number of nitrogens with one attached hydrogen (secondary N) is 1. The number of esters is 1. The van der Waals surface area contributed by atoms with Gasteiger partial charge in [0.25, 0.3) is 5.91 Å². The van der Waals surface area contributed by atoms with Crippen LogP contribution in [0.1, 0.15) is 29.1 Å². The minimum Gasteiger partial charge on any atom is -0.483 e. The summed E-state index contributed by atoms with van der Waals surface area (Å²) in [4.78, 5) is 23.3. The zero-order valence-corrected chi connectivity index (χ0v) is 14.3. The standard InChI is InChI=1S/C16H16BrNO5/c1-10(13-4-3-7-22-13)18-15(19)9-23-14-6-5-11(8-12(14)17)16(20)21-2/h3-8,10H,9H2,1-2H3,(H,18,19). The fraction of sp³-hybridized carbons (Fsp3) is 0.250. The van der Waals surface area contributed by atoms with Gasteiger partial charge in [0.05, 0.1) is 29.5 Å². The number of methoxy groups -OCH3 is 1. The van der Waals surface area contributed by atoms with Crippen molar-refractivity contribution in [1.82, 2.24) is 5.32 Å². The van der Waals surface area contributed by atoms with E-state index in [4.69, 9.17) is 9.15 Å². The molecule has 23 heavy (non-hydrogen) atoms. The van der Waals surface area contributed by atoms with Crippen LogP contribution in [0, 0.1) is 0 Å². The Hall–Kier alpha value is -2.28. The SMILES string of the molecule is COC(=O)c1ccc(OCC(=O)NC(C)c2ccco2)c(Br)c1. The van der Waals surface area contributed by atoms with E-state index in [1.165, 1.54) is 7.11 Å². The molecule has 0 aliphatic rings. The Balaban J connectivity index is 1.90. The van der Waals surface area contributed by atoms with Crippen LogP contribution >= 0.6 is 15.9 Å². The number of ether oxygens (including phenoxy) is 2. The van der Waals surface area contributed by atoms with Gasteiger partial charge in [0.2, 0.25) is 0 Å². The predicted octanol–water partition coefficient (Wildman–Crippen LogP) is 3.08. The van der Waals surface area contributed by atoms with Crippen LogP contribution in [0.3, 0.4) is 0 Å². The van der Waals surface area contributed by atoms with Crippen LogP contribution in [-0.4, -0.2) is 25.6 Å². The molecule has 1 amide bonds. The maximum absolute atomic E-state index is 11.9. The summed E-state index contributed by atoms with van der Waals surface area (Å²) in [5, 5.41) is 2.76. The largest absolute Gasteiger partial charge is 0.483 e. The zero-order valence-electron chi connectivity index (χ0n) is 12.7. The van der Waals surface area contributed by atoms with Gasteiger partial charge in [-0.15, -0.1) is 0 Å². The molecule has 1 unspecified atom stereocenters. The summed E-state index contributed by atoms with van der Waals surface area (Å²) in [5.41, 5.74) is 0.391. The number of rotatable bonds is 6. The third-order valence-corrected chi connectivity index (χ3v) is 3.68. The fourth-order valence-electron chi connectivity index (χ4n) is 1.90. The Kier molecular flexibility index (Phi) is 5.81. The normalized spacial score (nSPS) is 11.6. The summed E-state index contributed by atoms with van der Waals surface area (Å²) < 4.78 is 15.9. The minimum absolute atomic E-state index is 0.152. The number of halogens is 1. The highest BCUT2D eigenvalue weighted by molar-refractivity contribution is 9.10. The molecular weight excluding hydrogens is 366 g/mol. The molecule has 1 aromatic heterocycles. The number of hydrogen-bond acceptors (Lipinski definition) is 5. The van der Waals surface area contributed by atoms with Crippen molar-refractivity contribution in [1.29, 1.82) is 0 Å². The third-order valence-electron chi connectivity index (χ3n) is 3.06. The number of amides is 1. The van der Waals surface area contributed by atoms with E-state index in [-0.39, 0.29) is 18.6 Å². The van der Waals surface area contributed by atoms with E-state index in [9.17, 15) is 9.59 Å². The molecular formula is C16H16BrNO5. The van der Waals surface area contributed by atoms with Crippen molar-refractivity contribution in [2.45, 2.75) is 13.0 Å². The smallest absolute Gasteiger partial charge is 0.337 e. The second-order valence-corrected chi connectivity index (χ2v) is 5.58. The highest BCUT2D eigenvalue weighted by atomic mass is 79.9. The maximum Gasteiger partial charge on any atom is 0.337 e. The van der Waals surface area contributed by atoms with Gasteiger partial charge in [0, 0.05) is 0 Å². The number of carbonyl (C=O) groups is 2. The van der Waals surface area contributed by atoms with Gasteiger partial charge in [-0.25, -0.2) is 4.79 Å². The zero-order chi connectivity index (χ0) is 16.8. The fourth-order valence-corrected chi connectivity index (χ4v) is 2.39. The van der Waals surface area contributed by atoms with Gasteiger partial charge < -0.3 is 19.2 Å². The molecule has 7 heteroatoms. The van der Waals surface area contributed by atoms with E-state index in [1.54, 1.807) is 36.6 Å². The molecule has 0 aliphatic heterocycles. The Labute approximate surface area is 141 Å². The monoisotopic (exact) mass is 381 g/mol. The number of furan rings is 1. The molecule has 0 fully saturated rings. The molecule has 0 bridgehead atoms. The minimum atomic E-state index is -0.442. The van der Waals surface area contributed by atoms with E-state index >= 15 is 0 Å². The van der Waals surface area contributed by atoms with Crippen molar-refractivity contribution >= 4 is 27.8 Å². The molecule has 2 rings (SSSR count). The molecule has 122 valence electrons. The van der Waals surface area contributed by atoms with E-state index in [1.807, 2.05) is 6.92 Å². The molecule has 0 saturated heterocycles. The van der Waals surface area contributed by atoms with E-state index < -0.39 is 5.97 Å². The summed E-state index contributed by atoms with van der Waals surface area (Å²) in [5.74, 6) is 0.403. The molecule has 1 atom stereocenters. The Morgan fingerprint density at radius 1 is 1.35 bits per heavy atom. The lowest BCUT2D eigenvalue weighted by Gasteiger charge is -2.13. The summed E-state index contributed by atoms with van der Waals surface area (Å²) in [6.45, 7) is 1.67. The van der Waals surface area contributed by atoms with Gasteiger partial charge in [-0.05, 0) is 53.2 Å². The molecule has 6 nitrogen and oxygen atoms in total. The van der Waals surface area contributed by atoms with Crippen LogP contribution in [0.25, 0.3) is 0 Å². The van der Waals surface area contributed by atoms with Crippen LogP contribution in [0.15, 0.2) is 45.5 Å². The van der Waals surface area contributed by atoms with Crippen LogP contribution in [0.2, 0.25) is 0 Å². The summed E-state index contributed by atoms with van der Waals surface area (Å²) >= 11 is 3.30. The van der Waals surface area contributed by atoms with Gasteiger partial charge in [0.15, 0.2) is 6.61 Å². The molecule has 0 spiro atoms. The molecule has 1 aromatic carbocycles. The molecule has 0 aliphatic carbocycles. The lowest BCUT2D eigenvalue weighted by molar-refractivity contribution is -0.123. The first-order valence-electron chi connectivity index (χ1n) is 6.84. The Morgan fingerprint density at radius 3 is 2.74 bits per heavy atom. The first-order chi connectivity index (χ1) is 11.0. The highest BCUT2D eigenvalue weighted by Crippen LogP contribution is 2.26. The van der Waals surface area contributed by atoms with Crippen molar-refractivity contribution < 1.29 is 23.5 Å². The average molecular weight is 382 g/mol. The summed E-state index contributed by atoms with van der Waals surface area (Å²) in [6.07, 6.45) is 1.55. The highest BCUT2D eigenvalue weighted by Gasteiger charge is 2.14. The maximum atomic E-state index is 11.9. The van der Waals surface area contributed by atoms with Crippen LogP contribution in [0.4, 0.5) is 0 Å². The Bertz CT molecular complexity index is 684. The molecule has 1 heterocycles. The second kappa shape index (κ2) is 7.82. The lowest BCUT2D eigenvalue weighted by atomic mass is 10.2. The van der Waals surface area contributed by atoms with Crippen LogP contribution in [0.5, 0.6) is 5.75 Å². The van der Waals surface area contributed by atoms with Crippen molar-refractivity contribution in [3.05, 3.63) is 52.4 Å². The van der Waals surface area contributed by atoms with Crippen molar-refractivity contribution in [2.24, 2.45) is 0 Å². The van der Waals surface area contributed by atoms with Gasteiger partial charge in [-0.3, -0.25) is 4.79 Å². The third kappa shape index (κ3) is 4.59. The van der Waals surface area contributed by atoms with Gasteiger partial charge in [0.1, 0.15) is 11.5 Å². The average Bonchev–Trinajstić information content (AvgIpc) is 3.07.